The molecule has 1 amide bonds. The first kappa shape index (κ1) is 22.8. The highest BCUT2D eigenvalue weighted by Gasteiger charge is 2.22. The number of anilines is 1. The molecular formula is C22H28N4O4S. The minimum atomic E-state index is -3.66. The predicted molar refractivity (Wildman–Crippen MR) is 122 cm³/mol. The van der Waals surface area contributed by atoms with Gasteiger partial charge in [0.2, 0.25) is 10.0 Å². The van der Waals surface area contributed by atoms with Gasteiger partial charge in [0.05, 0.1) is 19.1 Å². The lowest BCUT2D eigenvalue weighted by Crippen LogP contribution is -2.40. The number of carbonyl (C=O) groups excluding carboxylic acids is 1. The molecule has 0 radical (unpaired) electrons. The Bertz CT molecular complexity index is 1010. The zero-order valence-corrected chi connectivity index (χ0v) is 18.6. The van der Waals surface area contributed by atoms with Crippen LogP contribution in [0, 0.1) is 0 Å². The number of amides is 1. The molecule has 31 heavy (non-hydrogen) atoms. The molecule has 0 unspecified atom stereocenters. The van der Waals surface area contributed by atoms with Crippen LogP contribution in [0.2, 0.25) is 0 Å². The number of hydrazone groups is 1. The van der Waals surface area contributed by atoms with E-state index in [2.05, 4.69) is 27.6 Å². The molecule has 0 atom stereocenters. The molecule has 0 bridgehead atoms. The summed E-state index contributed by atoms with van der Waals surface area (Å²) in [5.74, 6) is 0.0153. The summed E-state index contributed by atoms with van der Waals surface area (Å²) < 4.78 is 30.6. The van der Waals surface area contributed by atoms with E-state index in [-0.39, 0.29) is 6.54 Å². The van der Waals surface area contributed by atoms with Crippen LogP contribution in [0.4, 0.5) is 5.69 Å². The fourth-order valence-corrected chi connectivity index (χ4v) is 4.24. The first-order valence-electron chi connectivity index (χ1n) is 10.1. The molecule has 166 valence electrons. The van der Waals surface area contributed by atoms with E-state index < -0.39 is 15.9 Å². The first-order chi connectivity index (χ1) is 14.8. The summed E-state index contributed by atoms with van der Waals surface area (Å²) in [5.41, 5.74) is 5.05. The van der Waals surface area contributed by atoms with Crippen molar-refractivity contribution in [3.05, 3.63) is 60.2 Å². The number of ether oxygens (including phenoxy) is 1. The quantitative estimate of drug-likeness (QED) is 0.631. The van der Waals surface area contributed by atoms with Crippen molar-refractivity contribution in [2.24, 2.45) is 5.10 Å². The molecule has 0 aromatic heterocycles. The maximum atomic E-state index is 12.4. The number of nitrogens with one attached hydrogen (secondary N) is 1. The lowest BCUT2D eigenvalue weighted by Gasteiger charge is -2.27. The van der Waals surface area contributed by atoms with Crippen LogP contribution in [-0.2, 0) is 21.4 Å². The Morgan fingerprint density at radius 1 is 1.13 bits per heavy atom. The number of sulfonamides is 1. The van der Waals surface area contributed by atoms with Crippen LogP contribution in [0.1, 0.15) is 18.4 Å². The zero-order valence-electron chi connectivity index (χ0n) is 17.8. The minimum Gasteiger partial charge on any atom is -0.497 e. The Hall–Kier alpha value is -2.91. The average Bonchev–Trinajstić information content (AvgIpc) is 2.77. The van der Waals surface area contributed by atoms with E-state index in [0.717, 1.165) is 48.7 Å². The molecule has 8 nitrogen and oxygen atoms in total. The van der Waals surface area contributed by atoms with Crippen LogP contribution in [0.3, 0.4) is 0 Å². The fourth-order valence-electron chi connectivity index (χ4n) is 3.40. The topological polar surface area (TPSA) is 91.3 Å². The highest BCUT2D eigenvalue weighted by atomic mass is 32.2. The maximum Gasteiger partial charge on any atom is 0.260 e. The van der Waals surface area contributed by atoms with Gasteiger partial charge in [-0.3, -0.25) is 14.0 Å². The van der Waals surface area contributed by atoms with Gasteiger partial charge in [-0.15, -0.1) is 0 Å². The first-order valence-corrected chi connectivity index (χ1v) is 11.9. The number of methoxy groups -OCH3 is 1. The summed E-state index contributed by atoms with van der Waals surface area (Å²) in [4.78, 5) is 14.8. The van der Waals surface area contributed by atoms with E-state index in [1.54, 1.807) is 24.3 Å². The normalized spacial score (nSPS) is 14.7. The van der Waals surface area contributed by atoms with Crippen LogP contribution >= 0.6 is 0 Å². The molecule has 0 saturated carbocycles. The van der Waals surface area contributed by atoms with Gasteiger partial charge in [0, 0.05) is 44.3 Å². The Labute approximate surface area is 183 Å². The third-order valence-electron chi connectivity index (χ3n) is 5.05. The number of rotatable bonds is 8. The fraction of sp³-hybridized carbons (Fsp3) is 0.364. The summed E-state index contributed by atoms with van der Waals surface area (Å²) in [6.07, 6.45) is 2.59. The molecule has 0 spiro atoms. The Kier molecular flexibility index (Phi) is 7.64. The van der Waals surface area contributed by atoms with E-state index >= 15 is 0 Å². The second-order valence-corrected chi connectivity index (χ2v) is 9.35. The van der Waals surface area contributed by atoms with Crippen LogP contribution < -0.4 is 14.5 Å². The molecule has 0 aliphatic carbocycles. The number of benzene rings is 2. The standard InChI is InChI=1S/C22H28N4O4S/c1-30-21-10-6-9-20(15-21)26(31(2,28)29)17-22(27)24-23-19-11-13-25(14-12-19)16-18-7-4-3-5-8-18/h3-10,15H,11-14,16-17H2,1-2H3,(H,24,27). The number of hydrogen-bond acceptors (Lipinski definition) is 6. The lowest BCUT2D eigenvalue weighted by atomic mass is 10.1. The van der Waals surface area contributed by atoms with Gasteiger partial charge in [-0.05, 0) is 17.7 Å². The molecule has 1 aliphatic heterocycles. The van der Waals surface area contributed by atoms with Gasteiger partial charge in [-0.1, -0.05) is 36.4 Å². The SMILES string of the molecule is COc1cccc(N(CC(=O)NN=C2CCN(Cc3ccccc3)CC2)S(C)(=O)=O)c1. The predicted octanol–water partition coefficient (Wildman–Crippen LogP) is 2.23. The lowest BCUT2D eigenvalue weighted by molar-refractivity contribution is -0.119. The smallest absolute Gasteiger partial charge is 0.260 e. The van der Waals surface area contributed by atoms with Gasteiger partial charge in [-0.2, -0.15) is 5.10 Å². The number of nitrogens with zero attached hydrogens (tertiary/aromatic N) is 3. The maximum absolute atomic E-state index is 12.4. The van der Waals surface area contributed by atoms with Gasteiger partial charge in [-0.25, -0.2) is 13.8 Å². The average molecular weight is 445 g/mol. The Morgan fingerprint density at radius 3 is 2.48 bits per heavy atom. The largest absolute Gasteiger partial charge is 0.497 e. The van der Waals surface area contributed by atoms with E-state index in [9.17, 15) is 13.2 Å². The second-order valence-electron chi connectivity index (χ2n) is 7.45. The minimum absolute atomic E-state index is 0.358. The molecular weight excluding hydrogens is 416 g/mol. The van der Waals surface area contributed by atoms with Crippen molar-refractivity contribution in [3.8, 4) is 5.75 Å². The number of carbonyl (C=O) groups is 1. The second kappa shape index (κ2) is 10.4. The number of piperidine rings is 1. The molecule has 1 aliphatic rings. The van der Waals surface area contributed by atoms with E-state index in [4.69, 9.17) is 4.74 Å². The number of hydrogen-bond donors (Lipinski definition) is 1. The third-order valence-corrected chi connectivity index (χ3v) is 6.19. The van der Waals surface area contributed by atoms with Crippen LogP contribution in [0.25, 0.3) is 0 Å². The van der Waals surface area contributed by atoms with E-state index in [0.29, 0.717) is 11.4 Å². The summed E-state index contributed by atoms with van der Waals surface area (Å²) >= 11 is 0. The van der Waals surface area contributed by atoms with Crippen molar-refractivity contribution in [1.29, 1.82) is 0 Å². The molecule has 2 aromatic carbocycles. The Balaban J connectivity index is 1.55. The van der Waals surface area contributed by atoms with Crippen molar-refractivity contribution < 1.29 is 17.9 Å². The van der Waals surface area contributed by atoms with Gasteiger partial charge in [0.1, 0.15) is 12.3 Å². The van der Waals surface area contributed by atoms with Crippen LogP contribution in [0.15, 0.2) is 59.7 Å². The molecule has 1 heterocycles. The van der Waals surface area contributed by atoms with E-state index in [1.807, 2.05) is 18.2 Å². The van der Waals surface area contributed by atoms with Gasteiger partial charge in [0.25, 0.3) is 5.91 Å². The molecule has 3 rings (SSSR count). The molecule has 1 N–H and O–H groups in total. The van der Waals surface area contributed by atoms with Gasteiger partial charge >= 0.3 is 0 Å². The highest BCUT2D eigenvalue weighted by molar-refractivity contribution is 7.92. The summed E-state index contributed by atoms with van der Waals surface area (Å²) in [7, 11) is -2.16. The molecule has 9 heteroatoms. The summed E-state index contributed by atoms with van der Waals surface area (Å²) in [6, 6.07) is 16.9. The molecule has 2 aromatic rings. The Morgan fingerprint density at radius 2 is 1.84 bits per heavy atom. The van der Waals surface area contributed by atoms with Crippen molar-refractivity contribution in [2.75, 3.05) is 37.3 Å². The van der Waals surface area contributed by atoms with Gasteiger partial charge < -0.3 is 4.74 Å². The van der Waals surface area contributed by atoms with E-state index in [1.165, 1.54) is 12.7 Å². The monoisotopic (exact) mass is 444 g/mol. The molecule has 1 fully saturated rings. The number of likely N-dealkylation sites (tertiary alicyclic amines) is 1. The van der Waals surface area contributed by atoms with Crippen LogP contribution in [0.5, 0.6) is 5.75 Å². The third kappa shape index (κ3) is 6.80. The van der Waals surface area contributed by atoms with Crippen molar-refractivity contribution in [1.82, 2.24) is 10.3 Å². The van der Waals surface area contributed by atoms with Crippen LogP contribution in [-0.4, -0.2) is 57.9 Å². The highest BCUT2D eigenvalue weighted by Crippen LogP contribution is 2.22. The van der Waals surface area contributed by atoms with Crippen molar-refractivity contribution >= 4 is 27.3 Å². The van der Waals surface area contributed by atoms with Crippen molar-refractivity contribution in [2.45, 2.75) is 19.4 Å². The summed E-state index contributed by atoms with van der Waals surface area (Å²) in [6.45, 7) is 2.26. The summed E-state index contributed by atoms with van der Waals surface area (Å²) in [5, 5.41) is 4.23. The van der Waals surface area contributed by atoms with Gasteiger partial charge in [0.15, 0.2) is 0 Å². The molecule has 1 saturated heterocycles. The van der Waals surface area contributed by atoms with Crippen molar-refractivity contribution in [3.63, 3.8) is 0 Å². The zero-order chi connectivity index (χ0) is 22.3.